The van der Waals surface area contributed by atoms with E-state index in [0.717, 1.165) is 0 Å². The van der Waals surface area contributed by atoms with Crippen LogP contribution in [0.4, 0.5) is 5.69 Å². The van der Waals surface area contributed by atoms with E-state index in [-0.39, 0.29) is 22.9 Å². The normalized spacial score (nSPS) is 10.5. The number of nitro groups is 1. The molecule has 0 bridgehead atoms. The summed E-state index contributed by atoms with van der Waals surface area (Å²) in [5, 5.41) is 21.3. The Hall–Kier alpha value is -3.75. The zero-order valence-electron chi connectivity index (χ0n) is 14.8. The largest absolute Gasteiger partial charge is 0.504 e. The van der Waals surface area contributed by atoms with E-state index in [1.54, 1.807) is 12.1 Å². The van der Waals surface area contributed by atoms with Crippen molar-refractivity contribution in [2.45, 2.75) is 0 Å². The van der Waals surface area contributed by atoms with Crippen molar-refractivity contribution in [1.29, 1.82) is 0 Å². The van der Waals surface area contributed by atoms with Crippen molar-refractivity contribution < 1.29 is 28.7 Å². The third kappa shape index (κ3) is 3.22. The van der Waals surface area contributed by atoms with E-state index in [2.05, 4.69) is 4.98 Å². The number of benzene rings is 2. The number of phenols is 1. The van der Waals surface area contributed by atoms with Gasteiger partial charge in [0.25, 0.3) is 0 Å². The Bertz CT molecular complexity index is 972. The highest BCUT2D eigenvalue weighted by Gasteiger charge is 2.25. The number of phenolic OH excluding ortho intramolecular Hbond substituents is 1. The molecular weight excluding hydrogens is 356 g/mol. The molecule has 0 atom stereocenters. The van der Waals surface area contributed by atoms with Crippen LogP contribution in [0.25, 0.3) is 22.6 Å². The van der Waals surface area contributed by atoms with E-state index in [9.17, 15) is 15.2 Å². The minimum absolute atomic E-state index is 0.0286. The van der Waals surface area contributed by atoms with E-state index in [1.165, 1.54) is 45.9 Å². The summed E-state index contributed by atoms with van der Waals surface area (Å²) in [5.74, 6) is 0.683. The van der Waals surface area contributed by atoms with Crippen LogP contribution in [0, 0.1) is 10.1 Å². The van der Waals surface area contributed by atoms with E-state index in [1.807, 2.05) is 0 Å². The smallest absolute Gasteiger partial charge is 0.352 e. The lowest BCUT2D eigenvalue weighted by molar-refractivity contribution is -0.386. The zero-order chi connectivity index (χ0) is 19.6. The van der Waals surface area contributed by atoms with Crippen molar-refractivity contribution in [3.63, 3.8) is 0 Å². The quantitative estimate of drug-likeness (QED) is 0.515. The van der Waals surface area contributed by atoms with Crippen molar-refractivity contribution in [2.75, 3.05) is 21.3 Å². The Kier molecular flexibility index (Phi) is 4.84. The molecule has 0 spiro atoms. The molecule has 0 radical (unpaired) electrons. The summed E-state index contributed by atoms with van der Waals surface area (Å²) in [6, 6.07) is 7.72. The molecule has 9 heteroatoms. The summed E-state index contributed by atoms with van der Waals surface area (Å²) < 4.78 is 20.8. The van der Waals surface area contributed by atoms with Gasteiger partial charge in [0, 0.05) is 11.1 Å². The van der Waals surface area contributed by atoms with Crippen LogP contribution >= 0.6 is 0 Å². The van der Waals surface area contributed by atoms with Crippen LogP contribution in [-0.2, 0) is 0 Å². The minimum Gasteiger partial charge on any atom is -0.504 e. The summed E-state index contributed by atoms with van der Waals surface area (Å²) >= 11 is 0. The second-order valence-corrected chi connectivity index (χ2v) is 5.40. The highest BCUT2D eigenvalue weighted by atomic mass is 16.6. The number of aromatic nitrogens is 1. The number of methoxy groups -OCH3 is 3. The SMILES string of the molecule is COc1ccc(-c2ocnc2-c2cc(OC)c([N+](=O)[O-])c(OC)c2)cc1O. The maximum atomic E-state index is 11.3. The number of hydrogen-bond acceptors (Lipinski definition) is 8. The average Bonchev–Trinajstić information content (AvgIpc) is 3.16. The van der Waals surface area contributed by atoms with E-state index in [4.69, 9.17) is 18.6 Å². The molecule has 0 aliphatic heterocycles. The van der Waals surface area contributed by atoms with Crippen molar-refractivity contribution in [3.05, 3.63) is 46.8 Å². The molecule has 27 heavy (non-hydrogen) atoms. The molecule has 140 valence electrons. The Morgan fingerprint density at radius 2 is 1.63 bits per heavy atom. The molecule has 0 unspecified atom stereocenters. The summed E-state index contributed by atoms with van der Waals surface area (Å²) in [4.78, 5) is 14.9. The van der Waals surface area contributed by atoms with Gasteiger partial charge in [0.15, 0.2) is 23.7 Å². The Morgan fingerprint density at radius 3 is 2.15 bits per heavy atom. The Balaban J connectivity index is 2.16. The number of oxazole rings is 1. The lowest BCUT2D eigenvalue weighted by Gasteiger charge is -2.10. The second-order valence-electron chi connectivity index (χ2n) is 5.40. The summed E-state index contributed by atoms with van der Waals surface area (Å²) in [7, 11) is 4.11. The van der Waals surface area contributed by atoms with E-state index < -0.39 is 4.92 Å². The van der Waals surface area contributed by atoms with Crippen LogP contribution in [0.1, 0.15) is 0 Å². The molecule has 1 heterocycles. The van der Waals surface area contributed by atoms with Crippen LogP contribution in [0.15, 0.2) is 41.1 Å². The molecule has 0 fully saturated rings. The van der Waals surface area contributed by atoms with Gasteiger partial charge in [-0.15, -0.1) is 0 Å². The maximum absolute atomic E-state index is 11.3. The van der Waals surface area contributed by atoms with Crippen molar-refractivity contribution in [2.24, 2.45) is 0 Å². The van der Waals surface area contributed by atoms with Crippen molar-refractivity contribution in [3.8, 4) is 45.6 Å². The molecule has 3 aromatic rings. The molecule has 0 aliphatic rings. The fourth-order valence-corrected chi connectivity index (χ4v) is 2.70. The first-order chi connectivity index (χ1) is 13.0. The molecule has 1 aromatic heterocycles. The molecule has 0 saturated carbocycles. The predicted molar refractivity (Wildman–Crippen MR) is 95.4 cm³/mol. The number of hydrogen-bond donors (Lipinski definition) is 1. The number of aromatic hydroxyl groups is 1. The van der Waals surface area contributed by atoms with Gasteiger partial charge < -0.3 is 23.7 Å². The second kappa shape index (κ2) is 7.24. The fraction of sp³-hybridized carbons (Fsp3) is 0.167. The van der Waals surface area contributed by atoms with Crippen molar-refractivity contribution >= 4 is 5.69 Å². The van der Waals surface area contributed by atoms with E-state index in [0.29, 0.717) is 28.3 Å². The van der Waals surface area contributed by atoms with Gasteiger partial charge in [0.2, 0.25) is 11.5 Å². The zero-order valence-corrected chi connectivity index (χ0v) is 14.8. The van der Waals surface area contributed by atoms with Gasteiger partial charge in [0.05, 0.1) is 26.3 Å². The van der Waals surface area contributed by atoms with Gasteiger partial charge in [-0.2, -0.15) is 0 Å². The number of rotatable bonds is 6. The molecule has 0 saturated heterocycles. The number of nitrogens with zero attached hydrogens (tertiary/aromatic N) is 2. The summed E-state index contributed by atoms with van der Waals surface area (Å²) in [6.07, 6.45) is 1.24. The van der Waals surface area contributed by atoms with Crippen molar-refractivity contribution in [1.82, 2.24) is 4.98 Å². The Labute approximate surface area is 153 Å². The first kappa shape index (κ1) is 18.1. The molecule has 2 aromatic carbocycles. The topological polar surface area (TPSA) is 117 Å². The van der Waals surface area contributed by atoms with Gasteiger partial charge in [-0.25, -0.2) is 4.98 Å². The van der Waals surface area contributed by atoms with Crippen LogP contribution in [0.5, 0.6) is 23.0 Å². The highest BCUT2D eigenvalue weighted by Crippen LogP contribution is 2.43. The number of ether oxygens (including phenoxy) is 3. The van der Waals surface area contributed by atoms with Gasteiger partial charge in [-0.3, -0.25) is 10.1 Å². The molecule has 1 N–H and O–H groups in total. The summed E-state index contributed by atoms with van der Waals surface area (Å²) in [5.41, 5.74) is 1.17. The first-order valence-electron chi connectivity index (χ1n) is 7.71. The predicted octanol–water partition coefficient (Wildman–Crippen LogP) is 3.65. The van der Waals surface area contributed by atoms with Crippen LogP contribution in [0.3, 0.4) is 0 Å². The highest BCUT2D eigenvalue weighted by molar-refractivity contribution is 5.81. The molecule has 0 aliphatic carbocycles. The van der Waals surface area contributed by atoms with Gasteiger partial charge in [-0.1, -0.05) is 0 Å². The lowest BCUT2D eigenvalue weighted by atomic mass is 10.0. The molecular formula is C18H16N2O7. The molecule has 3 rings (SSSR count). The number of nitro benzene ring substituents is 1. The third-order valence-electron chi connectivity index (χ3n) is 3.94. The fourth-order valence-electron chi connectivity index (χ4n) is 2.70. The van der Waals surface area contributed by atoms with Gasteiger partial charge >= 0.3 is 5.69 Å². The average molecular weight is 372 g/mol. The lowest BCUT2D eigenvalue weighted by Crippen LogP contribution is -1.98. The minimum atomic E-state index is -0.577. The summed E-state index contributed by atoms with van der Waals surface area (Å²) in [6.45, 7) is 0. The monoisotopic (exact) mass is 372 g/mol. The van der Waals surface area contributed by atoms with Crippen LogP contribution in [-0.4, -0.2) is 36.3 Å². The van der Waals surface area contributed by atoms with E-state index >= 15 is 0 Å². The van der Waals surface area contributed by atoms with Crippen LogP contribution < -0.4 is 14.2 Å². The Morgan fingerprint density at radius 1 is 1.00 bits per heavy atom. The molecule has 9 nitrogen and oxygen atoms in total. The van der Waals surface area contributed by atoms with Crippen LogP contribution in [0.2, 0.25) is 0 Å². The standard InChI is InChI=1S/C18H16N2O7/c1-24-13-5-4-10(6-12(13)21)18-16(19-9-27-18)11-7-14(25-2)17(20(22)23)15(8-11)26-3/h4-9,21H,1-3H3. The first-order valence-corrected chi connectivity index (χ1v) is 7.71. The third-order valence-corrected chi connectivity index (χ3v) is 3.94. The van der Waals surface area contributed by atoms with Gasteiger partial charge in [0.1, 0.15) is 5.69 Å². The maximum Gasteiger partial charge on any atom is 0.352 e. The van der Waals surface area contributed by atoms with Gasteiger partial charge in [-0.05, 0) is 30.3 Å². The molecule has 0 amide bonds.